The predicted molar refractivity (Wildman–Crippen MR) is 62.4 cm³/mol. The molecule has 2 aliphatic rings. The van der Waals surface area contributed by atoms with Gasteiger partial charge in [-0.05, 0) is 51.1 Å². The average Bonchev–Trinajstić information content (AvgIpc) is 2.95. The Balaban J connectivity index is 1.59. The van der Waals surface area contributed by atoms with Gasteiger partial charge in [-0.2, -0.15) is 0 Å². The summed E-state index contributed by atoms with van der Waals surface area (Å²) in [6.45, 7) is 2.37. The van der Waals surface area contributed by atoms with Gasteiger partial charge in [0, 0.05) is 12.8 Å². The second kappa shape index (κ2) is 4.58. The molecule has 1 fully saturated rings. The minimum absolute atomic E-state index is 0.837. The van der Waals surface area contributed by atoms with Gasteiger partial charge in [0.1, 0.15) is 5.76 Å². The Kier molecular flexibility index (Phi) is 2.96. The summed E-state index contributed by atoms with van der Waals surface area (Å²) in [7, 11) is 0. The fourth-order valence-electron chi connectivity index (χ4n) is 2.80. The summed E-state index contributed by atoms with van der Waals surface area (Å²) in [5.41, 5.74) is 1.24. The molecule has 1 aromatic heterocycles. The van der Waals surface area contributed by atoms with Gasteiger partial charge >= 0.3 is 0 Å². The minimum Gasteiger partial charge on any atom is -0.445 e. The maximum Gasteiger partial charge on any atom is 0.194 e. The van der Waals surface area contributed by atoms with Crippen molar-refractivity contribution in [3.8, 4) is 0 Å². The largest absolute Gasteiger partial charge is 0.445 e. The summed E-state index contributed by atoms with van der Waals surface area (Å²) >= 11 is 0. The molecule has 1 aliphatic heterocycles. The lowest BCUT2D eigenvalue weighted by atomic mass is 10.0. The van der Waals surface area contributed by atoms with Crippen LogP contribution in [-0.4, -0.2) is 18.1 Å². The van der Waals surface area contributed by atoms with E-state index in [1.807, 2.05) is 0 Å². The normalized spacial score (nSPS) is 24.6. The van der Waals surface area contributed by atoms with Crippen LogP contribution in [0.3, 0.4) is 0 Å². The first-order chi connectivity index (χ1) is 7.92. The van der Waals surface area contributed by atoms with Crippen molar-refractivity contribution in [1.29, 1.82) is 0 Å². The molecule has 0 radical (unpaired) electrons. The SMILES string of the molecule is C1CCc2oc(CCC3CCNC3)nc2C1. The lowest BCUT2D eigenvalue weighted by Gasteiger charge is -2.05. The van der Waals surface area contributed by atoms with Crippen molar-refractivity contribution in [1.82, 2.24) is 10.3 Å². The Morgan fingerprint density at radius 1 is 1.31 bits per heavy atom. The molecule has 3 heteroatoms. The molecule has 16 heavy (non-hydrogen) atoms. The Bertz CT molecular complexity index is 329. The first kappa shape index (κ1) is 10.3. The Labute approximate surface area is 96.6 Å². The number of hydrogen-bond acceptors (Lipinski definition) is 3. The van der Waals surface area contributed by atoms with Crippen molar-refractivity contribution in [3.05, 3.63) is 17.3 Å². The molecule has 0 spiro atoms. The lowest BCUT2D eigenvalue weighted by Crippen LogP contribution is -2.09. The van der Waals surface area contributed by atoms with E-state index in [-0.39, 0.29) is 0 Å². The molecule has 88 valence electrons. The molecule has 1 N–H and O–H groups in total. The van der Waals surface area contributed by atoms with Gasteiger partial charge in [-0.1, -0.05) is 0 Å². The van der Waals surface area contributed by atoms with Crippen molar-refractivity contribution < 1.29 is 4.42 Å². The van der Waals surface area contributed by atoms with E-state index in [9.17, 15) is 0 Å². The molecular weight excluding hydrogens is 200 g/mol. The quantitative estimate of drug-likeness (QED) is 0.847. The number of fused-ring (bicyclic) bond motifs is 1. The lowest BCUT2D eigenvalue weighted by molar-refractivity contribution is 0.416. The van der Waals surface area contributed by atoms with Crippen LogP contribution >= 0.6 is 0 Å². The maximum absolute atomic E-state index is 5.83. The van der Waals surface area contributed by atoms with Crippen LogP contribution in [0, 0.1) is 5.92 Å². The average molecular weight is 220 g/mol. The molecule has 0 bridgehead atoms. The number of hydrogen-bond donors (Lipinski definition) is 1. The van der Waals surface area contributed by atoms with E-state index in [1.165, 1.54) is 50.2 Å². The fraction of sp³-hybridized carbons (Fsp3) is 0.769. The molecule has 1 aromatic rings. The van der Waals surface area contributed by atoms with Crippen molar-refractivity contribution in [2.45, 2.75) is 44.9 Å². The van der Waals surface area contributed by atoms with Crippen LogP contribution in [0.15, 0.2) is 4.42 Å². The number of oxazole rings is 1. The molecule has 1 unspecified atom stereocenters. The van der Waals surface area contributed by atoms with E-state index < -0.39 is 0 Å². The van der Waals surface area contributed by atoms with Gasteiger partial charge in [-0.3, -0.25) is 0 Å². The Morgan fingerprint density at radius 2 is 2.25 bits per heavy atom. The van der Waals surface area contributed by atoms with E-state index in [0.29, 0.717) is 0 Å². The Morgan fingerprint density at radius 3 is 3.06 bits per heavy atom. The predicted octanol–water partition coefficient (Wildman–Crippen LogP) is 2.10. The highest BCUT2D eigenvalue weighted by Crippen LogP contribution is 2.23. The second-order valence-corrected chi connectivity index (χ2v) is 5.08. The first-order valence-electron chi connectivity index (χ1n) is 6.60. The summed E-state index contributed by atoms with van der Waals surface area (Å²) in [5, 5.41) is 3.41. The smallest absolute Gasteiger partial charge is 0.194 e. The molecule has 3 nitrogen and oxygen atoms in total. The summed E-state index contributed by atoms with van der Waals surface area (Å²) in [4.78, 5) is 4.62. The molecule has 0 aromatic carbocycles. The van der Waals surface area contributed by atoms with E-state index in [1.54, 1.807) is 0 Å². The topological polar surface area (TPSA) is 38.1 Å². The van der Waals surface area contributed by atoms with Gasteiger partial charge in [0.15, 0.2) is 5.89 Å². The van der Waals surface area contributed by atoms with Crippen LogP contribution in [0.4, 0.5) is 0 Å². The van der Waals surface area contributed by atoms with Crippen molar-refractivity contribution >= 4 is 0 Å². The molecule has 0 saturated carbocycles. The fourth-order valence-corrected chi connectivity index (χ4v) is 2.80. The third kappa shape index (κ3) is 2.14. The molecule has 1 atom stereocenters. The van der Waals surface area contributed by atoms with Crippen LogP contribution in [-0.2, 0) is 19.3 Å². The molecular formula is C13H20N2O. The van der Waals surface area contributed by atoms with Gasteiger partial charge in [-0.25, -0.2) is 4.98 Å². The van der Waals surface area contributed by atoms with Crippen LogP contribution < -0.4 is 5.32 Å². The number of rotatable bonds is 3. The number of aromatic nitrogens is 1. The van der Waals surface area contributed by atoms with Crippen molar-refractivity contribution in [3.63, 3.8) is 0 Å². The van der Waals surface area contributed by atoms with Crippen LogP contribution in [0.5, 0.6) is 0 Å². The minimum atomic E-state index is 0.837. The monoisotopic (exact) mass is 220 g/mol. The third-order valence-electron chi connectivity index (χ3n) is 3.82. The van der Waals surface area contributed by atoms with Crippen LogP contribution in [0.2, 0.25) is 0 Å². The van der Waals surface area contributed by atoms with E-state index in [4.69, 9.17) is 4.42 Å². The summed E-state index contributed by atoms with van der Waals surface area (Å²) in [6, 6.07) is 0. The second-order valence-electron chi connectivity index (χ2n) is 5.08. The molecule has 1 aliphatic carbocycles. The summed E-state index contributed by atoms with van der Waals surface area (Å²) in [5.74, 6) is 2.99. The van der Waals surface area contributed by atoms with E-state index in [2.05, 4.69) is 10.3 Å². The number of nitrogens with one attached hydrogen (secondary N) is 1. The van der Waals surface area contributed by atoms with Crippen LogP contribution in [0.25, 0.3) is 0 Å². The molecule has 3 rings (SSSR count). The zero-order valence-electron chi connectivity index (χ0n) is 9.80. The highest BCUT2D eigenvalue weighted by atomic mass is 16.4. The zero-order valence-corrected chi connectivity index (χ0v) is 9.80. The number of aryl methyl sites for hydroxylation is 3. The highest BCUT2D eigenvalue weighted by Gasteiger charge is 2.19. The van der Waals surface area contributed by atoms with E-state index in [0.717, 1.165) is 31.1 Å². The summed E-state index contributed by atoms with van der Waals surface area (Å²) in [6.07, 6.45) is 8.36. The van der Waals surface area contributed by atoms with Crippen molar-refractivity contribution in [2.75, 3.05) is 13.1 Å². The van der Waals surface area contributed by atoms with Gasteiger partial charge in [0.25, 0.3) is 0 Å². The summed E-state index contributed by atoms with van der Waals surface area (Å²) < 4.78 is 5.83. The van der Waals surface area contributed by atoms with Gasteiger partial charge < -0.3 is 9.73 Å². The first-order valence-corrected chi connectivity index (χ1v) is 6.60. The standard InChI is InChI=1S/C13H20N2O/c1-2-4-12-11(3-1)15-13(16-12)6-5-10-7-8-14-9-10/h10,14H,1-9H2. The highest BCUT2D eigenvalue weighted by molar-refractivity contribution is 5.13. The van der Waals surface area contributed by atoms with Crippen molar-refractivity contribution in [2.24, 2.45) is 5.92 Å². The maximum atomic E-state index is 5.83. The molecule has 0 amide bonds. The van der Waals surface area contributed by atoms with Gasteiger partial charge in [0.05, 0.1) is 5.69 Å². The van der Waals surface area contributed by atoms with Gasteiger partial charge in [0.2, 0.25) is 0 Å². The molecule has 1 saturated heterocycles. The van der Waals surface area contributed by atoms with Crippen LogP contribution in [0.1, 0.15) is 43.0 Å². The van der Waals surface area contributed by atoms with Gasteiger partial charge in [-0.15, -0.1) is 0 Å². The third-order valence-corrected chi connectivity index (χ3v) is 3.82. The zero-order chi connectivity index (χ0) is 10.8. The Hall–Kier alpha value is -0.830. The number of nitrogens with zero attached hydrogens (tertiary/aromatic N) is 1. The molecule has 2 heterocycles. The van der Waals surface area contributed by atoms with E-state index >= 15 is 0 Å².